The molecular weight excluding hydrogens is 326 g/mol. The summed E-state index contributed by atoms with van der Waals surface area (Å²) in [5, 5.41) is 3.94. The molecule has 2 aliphatic heterocycles. The molecule has 4 atom stereocenters. The molecular formula is C22H39P2+. The predicted octanol–water partition coefficient (Wildman–Crippen LogP) is 7.99. The summed E-state index contributed by atoms with van der Waals surface area (Å²) < 4.78 is 0. The zero-order valence-corrected chi connectivity index (χ0v) is 18.5. The summed E-state index contributed by atoms with van der Waals surface area (Å²) >= 11 is 0. The molecule has 0 spiro atoms. The van der Waals surface area contributed by atoms with Crippen LogP contribution in [0.3, 0.4) is 0 Å². The van der Waals surface area contributed by atoms with Crippen LogP contribution in [0.5, 0.6) is 0 Å². The van der Waals surface area contributed by atoms with E-state index in [-0.39, 0.29) is 7.92 Å². The fourth-order valence-electron chi connectivity index (χ4n) is 6.14. The van der Waals surface area contributed by atoms with Crippen molar-refractivity contribution < 1.29 is 0 Å². The van der Waals surface area contributed by atoms with Gasteiger partial charge in [0.25, 0.3) is 0 Å². The number of rotatable bonds is 6. The first-order valence-corrected chi connectivity index (χ1v) is 14.5. The Labute approximate surface area is 153 Å². The zero-order chi connectivity index (χ0) is 17.3. The van der Waals surface area contributed by atoms with Crippen LogP contribution in [0.4, 0.5) is 0 Å². The Bertz CT molecular complexity index is 480. The van der Waals surface area contributed by atoms with Gasteiger partial charge in [0.2, 0.25) is 0 Å². The van der Waals surface area contributed by atoms with Crippen LogP contribution < -0.4 is 0 Å². The van der Waals surface area contributed by atoms with Crippen molar-refractivity contribution in [3.63, 3.8) is 0 Å². The van der Waals surface area contributed by atoms with Crippen LogP contribution in [0.2, 0.25) is 0 Å². The van der Waals surface area contributed by atoms with Crippen LogP contribution in [-0.2, 0) is 0 Å². The van der Waals surface area contributed by atoms with Crippen molar-refractivity contribution >= 4 is 15.2 Å². The molecule has 0 amide bonds. The quantitative estimate of drug-likeness (QED) is 0.418. The predicted molar refractivity (Wildman–Crippen MR) is 115 cm³/mol. The summed E-state index contributed by atoms with van der Waals surface area (Å²) in [7, 11) is -0.825. The first-order chi connectivity index (χ1) is 11.6. The maximum absolute atomic E-state index is 2.78. The van der Waals surface area contributed by atoms with E-state index in [1.54, 1.807) is 0 Å². The first kappa shape index (κ1) is 19.1. The zero-order valence-electron chi connectivity index (χ0n) is 16.7. The fourth-order valence-corrected chi connectivity index (χ4v) is 16.3. The molecule has 136 valence electrons. The second-order valence-electron chi connectivity index (χ2n) is 8.40. The standard InChI is InChI=1S/C22H39P2/c1-6-17-13-14-18(7-2)23(17)21-11-10-12-22(21)24(5)19(8-3)15-16-20(24)9-4/h10-11,17-20H,6-9,12-16H2,1-5H3/q+1/t17-,18-,19-,20-/m1/s1. The molecule has 0 radical (unpaired) electrons. The molecule has 2 saturated heterocycles. The highest BCUT2D eigenvalue weighted by atomic mass is 31.2. The highest BCUT2D eigenvalue weighted by Gasteiger charge is 2.56. The maximum atomic E-state index is 2.78. The molecule has 2 fully saturated rings. The average Bonchev–Trinajstić information content (AvgIpc) is 3.30. The normalized spacial score (nSPS) is 36.2. The van der Waals surface area contributed by atoms with Gasteiger partial charge in [-0.05, 0) is 62.7 Å². The van der Waals surface area contributed by atoms with Crippen LogP contribution >= 0.6 is 15.2 Å². The molecule has 0 aromatic carbocycles. The Morgan fingerprint density at radius 2 is 1.42 bits per heavy atom. The molecule has 3 rings (SSSR count). The summed E-state index contributed by atoms with van der Waals surface area (Å²) in [5.41, 5.74) is 4.11. The maximum Gasteiger partial charge on any atom is 0.0832 e. The van der Waals surface area contributed by atoms with Crippen LogP contribution in [0.1, 0.15) is 85.5 Å². The Balaban J connectivity index is 2.03. The van der Waals surface area contributed by atoms with Gasteiger partial charge in [-0.2, -0.15) is 0 Å². The van der Waals surface area contributed by atoms with Gasteiger partial charge in [0.15, 0.2) is 0 Å². The van der Waals surface area contributed by atoms with Crippen molar-refractivity contribution in [1.82, 2.24) is 0 Å². The smallest absolute Gasteiger partial charge is 0.0760 e. The Morgan fingerprint density at radius 3 is 1.88 bits per heavy atom. The van der Waals surface area contributed by atoms with Crippen LogP contribution in [-0.4, -0.2) is 29.3 Å². The summed E-state index contributed by atoms with van der Waals surface area (Å²) in [5.74, 6) is 0. The van der Waals surface area contributed by atoms with Gasteiger partial charge in [-0.15, -0.1) is 0 Å². The number of hydrogen-bond acceptors (Lipinski definition) is 0. The Hall–Kier alpha value is 0.340. The fraction of sp³-hybridized carbons (Fsp3) is 0.818. The summed E-state index contributed by atoms with van der Waals surface area (Å²) in [6.07, 6.45) is 18.2. The molecule has 3 aliphatic rings. The van der Waals surface area contributed by atoms with Gasteiger partial charge >= 0.3 is 0 Å². The van der Waals surface area contributed by atoms with Gasteiger partial charge in [0.1, 0.15) is 0 Å². The van der Waals surface area contributed by atoms with Crippen molar-refractivity contribution in [3.8, 4) is 0 Å². The molecule has 2 heterocycles. The first-order valence-electron chi connectivity index (χ1n) is 10.7. The highest BCUT2D eigenvalue weighted by molar-refractivity contribution is 7.81. The summed E-state index contributed by atoms with van der Waals surface area (Å²) in [6, 6.07) is 0. The van der Waals surface area contributed by atoms with Crippen molar-refractivity contribution in [2.24, 2.45) is 0 Å². The van der Waals surface area contributed by atoms with Gasteiger partial charge in [-0.1, -0.05) is 47.8 Å². The molecule has 0 saturated carbocycles. The second-order valence-corrected chi connectivity index (χ2v) is 15.4. The summed E-state index contributed by atoms with van der Waals surface area (Å²) in [4.78, 5) is 0. The average molecular weight is 366 g/mol. The van der Waals surface area contributed by atoms with E-state index in [0.29, 0.717) is 0 Å². The Morgan fingerprint density at radius 1 is 0.875 bits per heavy atom. The monoisotopic (exact) mass is 365 g/mol. The van der Waals surface area contributed by atoms with E-state index in [0.717, 1.165) is 22.6 Å². The minimum Gasteiger partial charge on any atom is -0.0760 e. The molecule has 0 aromatic heterocycles. The molecule has 2 heteroatoms. The van der Waals surface area contributed by atoms with Crippen molar-refractivity contribution in [3.05, 3.63) is 22.8 Å². The third-order valence-corrected chi connectivity index (χ3v) is 17.4. The topological polar surface area (TPSA) is 0 Å². The molecule has 0 aromatic rings. The molecule has 24 heavy (non-hydrogen) atoms. The third-order valence-electron chi connectivity index (χ3n) is 7.60. The molecule has 0 bridgehead atoms. The third kappa shape index (κ3) is 2.99. The second kappa shape index (κ2) is 7.92. The lowest BCUT2D eigenvalue weighted by Gasteiger charge is -2.34. The van der Waals surface area contributed by atoms with Gasteiger partial charge < -0.3 is 0 Å². The number of allylic oxidation sites excluding steroid dienone is 4. The van der Waals surface area contributed by atoms with Crippen LogP contribution in [0.25, 0.3) is 0 Å². The van der Waals surface area contributed by atoms with E-state index in [1.165, 1.54) is 57.8 Å². The number of hydrogen-bond donors (Lipinski definition) is 0. The van der Waals surface area contributed by atoms with E-state index in [4.69, 9.17) is 0 Å². The van der Waals surface area contributed by atoms with E-state index in [1.807, 2.05) is 10.6 Å². The lowest BCUT2D eigenvalue weighted by molar-refractivity contribution is 0.696. The lowest BCUT2D eigenvalue weighted by Crippen LogP contribution is -2.16. The minimum absolute atomic E-state index is 0.112. The van der Waals surface area contributed by atoms with E-state index >= 15 is 0 Å². The van der Waals surface area contributed by atoms with Gasteiger partial charge in [-0.3, -0.25) is 0 Å². The van der Waals surface area contributed by atoms with Crippen LogP contribution in [0, 0.1) is 0 Å². The Kier molecular flexibility index (Phi) is 6.31. The van der Waals surface area contributed by atoms with Crippen molar-refractivity contribution in [2.45, 2.75) is 108 Å². The van der Waals surface area contributed by atoms with E-state index < -0.39 is 7.26 Å². The van der Waals surface area contributed by atoms with Gasteiger partial charge in [0.05, 0.1) is 23.3 Å². The largest absolute Gasteiger partial charge is 0.0832 e. The van der Waals surface area contributed by atoms with Gasteiger partial charge in [-0.25, -0.2) is 0 Å². The molecule has 1 aliphatic carbocycles. The van der Waals surface area contributed by atoms with E-state index in [9.17, 15) is 0 Å². The SMILES string of the molecule is CC[C@@H]1CC[C@@H](CC)P1C1=C([P+]2(C)[C@H](CC)CC[C@H]2CC)CC=C1. The van der Waals surface area contributed by atoms with Crippen LogP contribution in [0.15, 0.2) is 22.8 Å². The minimum atomic E-state index is -0.937. The summed E-state index contributed by atoms with van der Waals surface area (Å²) in [6.45, 7) is 12.6. The van der Waals surface area contributed by atoms with Crippen molar-refractivity contribution in [1.29, 1.82) is 0 Å². The van der Waals surface area contributed by atoms with Gasteiger partial charge in [0, 0.05) is 19.0 Å². The molecule has 0 N–H and O–H groups in total. The molecule has 0 unspecified atom stereocenters. The lowest BCUT2D eigenvalue weighted by atomic mass is 10.1. The highest BCUT2D eigenvalue weighted by Crippen LogP contribution is 2.81. The molecule has 0 nitrogen and oxygen atoms in total. The van der Waals surface area contributed by atoms with Crippen molar-refractivity contribution in [2.75, 3.05) is 6.66 Å². The van der Waals surface area contributed by atoms with E-state index in [2.05, 4.69) is 46.5 Å².